The van der Waals surface area contributed by atoms with Crippen molar-refractivity contribution in [3.63, 3.8) is 0 Å². The number of hydrogen-bond donors (Lipinski definition) is 5. The summed E-state index contributed by atoms with van der Waals surface area (Å²) < 4.78 is 17.0. The third kappa shape index (κ3) is 18.6. The van der Waals surface area contributed by atoms with Crippen molar-refractivity contribution in [1.29, 1.82) is 0 Å². The van der Waals surface area contributed by atoms with Gasteiger partial charge in [0.2, 0.25) is 5.91 Å². The lowest BCUT2D eigenvalue weighted by molar-refractivity contribution is -0.129. The predicted molar refractivity (Wildman–Crippen MR) is 93.7 cm³/mol. The molecule has 0 aromatic carbocycles. The van der Waals surface area contributed by atoms with Crippen molar-refractivity contribution in [2.75, 3.05) is 19.9 Å². The van der Waals surface area contributed by atoms with Gasteiger partial charge in [0.05, 0.1) is 12.6 Å². The van der Waals surface area contributed by atoms with Crippen LogP contribution in [0.25, 0.3) is 0 Å². The molecule has 26 heavy (non-hydrogen) atoms. The van der Waals surface area contributed by atoms with E-state index in [2.05, 4.69) is 10.9 Å². The number of aliphatic hydroxyl groups is 1. The molecular formula is C16H32FN3O6. The molecule has 0 spiro atoms. The molecular weight excluding hydrogens is 349 g/mol. The first-order chi connectivity index (χ1) is 12.3. The lowest BCUT2D eigenvalue weighted by Crippen LogP contribution is -2.49. The van der Waals surface area contributed by atoms with E-state index in [1.807, 2.05) is 13.8 Å². The average molecular weight is 381 g/mol. The number of alkyl halides is 1. The van der Waals surface area contributed by atoms with Crippen molar-refractivity contribution < 1.29 is 33.7 Å². The Morgan fingerprint density at radius 3 is 2.38 bits per heavy atom. The predicted octanol–water partition coefficient (Wildman–Crippen LogP) is 0.115. The highest BCUT2D eigenvalue weighted by Gasteiger charge is 2.15. The Morgan fingerprint density at radius 2 is 1.85 bits per heavy atom. The molecule has 0 fully saturated rings. The minimum Gasteiger partial charge on any atom is -0.483 e. The van der Waals surface area contributed by atoms with Crippen LogP contribution in [0.15, 0.2) is 0 Å². The molecule has 154 valence electrons. The van der Waals surface area contributed by atoms with Gasteiger partial charge in [-0.1, -0.05) is 20.3 Å². The zero-order valence-electron chi connectivity index (χ0n) is 15.4. The summed E-state index contributed by atoms with van der Waals surface area (Å²) in [6.07, 6.45) is 1.91. The Labute approximate surface area is 153 Å². The molecule has 0 aromatic heterocycles. The molecule has 0 aliphatic carbocycles. The molecule has 0 rings (SSSR count). The number of hydrogen-bond acceptors (Lipinski definition) is 6. The second-order valence-electron chi connectivity index (χ2n) is 6.07. The summed E-state index contributed by atoms with van der Waals surface area (Å²) in [6.45, 7) is 3.27. The van der Waals surface area contributed by atoms with Gasteiger partial charge in [0.25, 0.3) is 12.4 Å². The first kappa shape index (κ1) is 26.4. The largest absolute Gasteiger partial charge is 0.483 e. The second-order valence-corrected chi connectivity index (χ2v) is 6.07. The van der Waals surface area contributed by atoms with Crippen molar-refractivity contribution in [3.05, 3.63) is 0 Å². The highest BCUT2D eigenvalue weighted by atomic mass is 19.1. The van der Waals surface area contributed by atoms with Crippen molar-refractivity contribution >= 4 is 18.3 Å². The van der Waals surface area contributed by atoms with Gasteiger partial charge in [-0.15, -0.1) is 0 Å². The van der Waals surface area contributed by atoms with Gasteiger partial charge >= 0.3 is 0 Å². The monoisotopic (exact) mass is 381 g/mol. The normalized spacial score (nSPS) is 12.5. The third-order valence-electron chi connectivity index (χ3n) is 3.07. The number of amides is 2. The van der Waals surface area contributed by atoms with Crippen LogP contribution >= 0.6 is 0 Å². The van der Waals surface area contributed by atoms with E-state index >= 15 is 0 Å². The lowest BCUT2D eigenvalue weighted by Gasteiger charge is -2.14. The fourth-order valence-corrected chi connectivity index (χ4v) is 1.83. The van der Waals surface area contributed by atoms with Crippen LogP contribution in [-0.4, -0.2) is 60.5 Å². The van der Waals surface area contributed by atoms with Gasteiger partial charge in [-0.25, -0.2) is 4.39 Å². The first-order valence-corrected chi connectivity index (χ1v) is 8.52. The minimum atomic E-state index is -1.06. The zero-order valence-corrected chi connectivity index (χ0v) is 15.4. The van der Waals surface area contributed by atoms with E-state index in [0.717, 1.165) is 12.8 Å². The quantitative estimate of drug-likeness (QED) is 0.183. The second kappa shape index (κ2) is 18.0. The minimum absolute atomic E-state index is 0.0142. The number of nitrogens with two attached hydrogens (primary N) is 1. The maximum absolute atomic E-state index is 11.9. The van der Waals surface area contributed by atoms with Crippen molar-refractivity contribution in [2.24, 2.45) is 11.7 Å². The van der Waals surface area contributed by atoms with Gasteiger partial charge in [0.1, 0.15) is 12.8 Å². The molecule has 6 N–H and O–H groups in total. The average Bonchev–Trinajstić information content (AvgIpc) is 2.58. The fourth-order valence-electron chi connectivity index (χ4n) is 1.83. The number of rotatable bonds is 12. The molecule has 0 heterocycles. The number of nitrogens with one attached hydrogen (secondary N) is 2. The molecule has 0 bridgehead atoms. The van der Waals surface area contributed by atoms with Gasteiger partial charge < -0.3 is 20.7 Å². The number of carbonyl (C=O) groups is 3. The Hall–Kier alpha value is -1.78. The van der Waals surface area contributed by atoms with Gasteiger partial charge in [-0.05, 0) is 25.2 Å². The summed E-state index contributed by atoms with van der Waals surface area (Å²) in [4.78, 5) is 31.5. The zero-order chi connectivity index (χ0) is 20.4. The Morgan fingerprint density at radius 1 is 1.23 bits per heavy atom. The maximum atomic E-state index is 11.9. The van der Waals surface area contributed by atoms with Crippen LogP contribution in [0, 0.1) is 5.92 Å². The number of hydrazine groups is 1. The Bertz CT molecular complexity index is 385. The van der Waals surface area contributed by atoms with Crippen LogP contribution in [0.2, 0.25) is 0 Å². The van der Waals surface area contributed by atoms with Crippen molar-refractivity contribution in [2.45, 2.75) is 58.1 Å². The summed E-state index contributed by atoms with van der Waals surface area (Å²) in [5.74, 6) is -0.365. The van der Waals surface area contributed by atoms with Crippen LogP contribution in [0.5, 0.6) is 0 Å². The highest BCUT2D eigenvalue weighted by Crippen LogP contribution is 2.02. The molecule has 0 unspecified atom stereocenters. The van der Waals surface area contributed by atoms with Crippen molar-refractivity contribution in [3.8, 4) is 0 Å². The van der Waals surface area contributed by atoms with Crippen LogP contribution < -0.4 is 16.6 Å². The maximum Gasteiger partial charge on any atom is 0.290 e. The number of unbranched alkanes of at least 4 members (excludes halogenated alkanes) is 2. The third-order valence-corrected chi connectivity index (χ3v) is 3.07. The first-order valence-electron chi connectivity index (χ1n) is 8.52. The molecule has 2 atom stereocenters. The number of aliphatic hydroxyl groups excluding tert-OH is 1. The number of ether oxygens (including phenoxy) is 1. The summed E-state index contributed by atoms with van der Waals surface area (Å²) in [5, 5.41) is 15.8. The Balaban J connectivity index is 0. The summed E-state index contributed by atoms with van der Waals surface area (Å²) in [5.41, 5.74) is 10.3. The molecule has 0 saturated heterocycles. The molecule has 0 aliphatic heterocycles. The topological polar surface area (TPSA) is 151 Å². The fraction of sp³-hybridized carbons (Fsp3) is 0.812. The van der Waals surface area contributed by atoms with Crippen LogP contribution in [-0.2, 0) is 19.1 Å². The van der Waals surface area contributed by atoms with Gasteiger partial charge in [0.15, 0.2) is 0 Å². The number of carboxylic acid groups (broad SMARTS) is 1. The van der Waals surface area contributed by atoms with E-state index in [1.165, 1.54) is 0 Å². The van der Waals surface area contributed by atoms with Gasteiger partial charge in [-0.3, -0.25) is 25.2 Å². The molecule has 2 amide bonds. The molecule has 10 heteroatoms. The van der Waals surface area contributed by atoms with E-state index in [-0.39, 0.29) is 25.4 Å². The summed E-state index contributed by atoms with van der Waals surface area (Å²) in [6, 6.07) is -0.632. The molecule has 0 radical (unpaired) electrons. The van der Waals surface area contributed by atoms with E-state index < -0.39 is 24.7 Å². The van der Waals surface area contributed by atoms with E-state index in [1.54, 1.807) is 0 Å². The smallest absolute Gasteiger partial charge is 0.290 e. The molecule has 9 nitrogen and oxygen atoms in total. The molecule has 0 aliphatic rings. The van der Waals surface area contributed by atoms with E-state index in [9.17, 15) is 14.0 Å². The molecule has 0 aromatic rings. The lowest BCUT2D eigenvalue weighted by atomic mass is 10.0. The van der Waals surface area contributed by atoms with Crippen LogP contribution in [0.1, 0.15) is 46.0 Å². The van der Waals surface area contributed by atoms with E-state index in [0.29, 0.717) is 25.4 Å². The Kier molecular flexibility index (Phi) is 18.3. The van der Waals surface area contributed by atoms with Crippen LogP contribution in [0.3, 0.4) is 0 Å². The SMILES string of the molecule is CC(C)C[C@@H](N)C(=O)NNC(=O)CCCCCOC[C@@H](O)CF.O=CO. The van der Waals surface area contributed by atoms with Crippen LogP contribution in [0.4, 0.5) is 4.39 Å². The van der Waals surface area contributed by atoms with Crippen molar-refractivity contribution in [1.82, 2.24) is 10.9 Å². The summed E-state index contributed by atoms with van der Waals surface area (Å²) >= 11 is 0. The molecule has 0 saturated carbocycles. The van der Waals surface area contributed by atoms with Gasteiger partial charge in [0, 0.05) is 13.0 Å². The standard InChI is InChI=1S/C15H30FN3O4.CH2O2/c1-11(2)8-13(17)15(22)19-18-14(21)6-4-3-5-7-23-10-12(20)9-16;2-1-3/h11-13,20H,3-10,17H2,1-2H3,(H,18,21)(H,19,22);1H,(H,2,3)/t12-,13+;/m0./s1. The van der Waals surface area contributed by atoms with Gasteiger partial charge in [-0.2, -0.15) is 0 Å². The number of carbonyl (C=O) groups excluding carboxylic acids is 2. The summed E-state index contributed by atoms with van der Waals surface area (Å²) in [7, 11) is 0. The van der Waals surface area contributed by atoms with E-state index in [4.69, 9.17) is 25.5 Å². The number of halogens is 1. The highest BCUT2D eigenvalue weighted by molar-refractivity contribution is 5.85.